The van der Waals surface area contributed by atoms with Gasteiger partial charge in [0.2, 0.25) is 0 Å². The van der Waals surface area contributed by atoms with Crippen LogP contribution in [0.4, 0.5) is 4.79 Å². The van der Waals surface area contributed by atoms with Crippen molar-refractivity contribution in [2.45, 2.75) is 39.0 Å². The van der Waals surface area contributed by atoms with Gasteiger partial charge < -0.3 is 14.7 Å². The lowest BCUT2D eigenvalue weighted by atomic mass is 9.76. The average Bonchev–Trinajstić information content (AvgIpc) is 2.48. The van der Waals surface area contributed by atoms with Crippen LogP contribution < -0.4 is 0 Å². The predicted octanol–water partition coefficient (Wildman–Crippen LogP) is 2.79. The largest absolute Gasteiger partial charge is 0.481 e. The summed E-state index contributed by atoms with van der Waals surface area (Å²) in [5.74, 6) is -0.894. The third kappa shape index (κ3) is 4.82. The van der Waals surface area contributed by atoms with E-state index in [1.165, 1.54) is 0 Å². The zero-order valence-corrected chi connectivity index (χ0v) is 12.3. The number of ether oxygens (including phenoxy) is 1. The summed E-state index contributed by atoms with van der Waals surface area (Å²) >= 11 is 0. The fourth-order valence-corrected chi connectivity index (χ4v) is 2.39. The molecule has 0 radical (unpaired) electrons. The van der Waals surface area contributed by atoms with E-state index >= 15 is 0 Å². The molecular weight excluding hydrogens is 276 g/mol. The number of azide groups is 1. The maximum Gasteiger partial charge on any atom is 0.409 e. The third-order valence-electron chi connectivity index (χ3n) is 3.91. The fourth-order valence-electron chi connectivity index (χ4n) is 2.39. The highest BCUT2D eigenvalue weighted by Crippen LogP contribution is 2.35. The van der Waals surface area contributed by atoms with Crippen LogP contribution >= 0.6 is 0 Å². The van der Waals surface area contributed by atoms with E-state index in [1.807, 2.05) is 6.92 Å². The predicted molar refractivity (Wildman–Crippen MR) is 75.8 cm³/mol. The Hall–Kier alpha value is -1.95. The minimum absolute atomic E-state index is 0.156. The van der Waals surface area contributed by atoms with Gasteiger partial charge in [0, 0.05) is 24.5 Å². The molecule has 1 heterocycles. The first-order valence-corrected chi connectivity index (χ1v) is 7.21. The first kappa shape index (κ1) is 17.1. The molecule has 0 atom stereocenters. The number of hydrogen-bond donors (Lipinski definition) is 1. The highest BCUT2D eigenvalue weighted by molar-refractivity contribution is 5.75. The number of rotatable bonds is 7. The van der Waals surface area contributed by atoms with Crippen LogP contribution in [0.1, 0.15) is 39.0 Å². The summed E-state index contributed by atoms with van der Waals surface area (Å²) in [6.07, 6.45) is 2.40. The summed E-state index contributed by atoms with van der Waals surface area (Å²) in [5.41, 5.74) is 7.37. The molecule has 0 aromatic heterocycles. The molecule has 1 fully saturated rings. The van der Waals surface area contributed by atoms with E-state index in [0.717, 1.165) is 12.8 Å². The summed E-state index contributed by atoms with van der Waals surface area (Å²) in [6.45, 7) is 3.28. The maximum atomic E-state index is 11.8. The van der Waals surface area contributed by atoms with Crippen LogP contribution in [-0.4, -0.2) is 48.3 Å². The van der Waals surface area contributed by atoms with Crippen molar-refractivity contribution in [3.05, 3.63) is 10.4 Å². The number of carboxylic acids is 1. The molecule has 118 valence electrons. The number of carbonyl (C=O) groups excluding carboxylic acids is 1. The van der Waals surface area contributed by atoms with E-state index in [9.17, 15) is 14.7 Å². The van der Waals surface area contributed by atoms with Crippen molar-refractivity contribution in [2.75, 3.05) is 26.2 Å². The zero-order chi connectivity index (χ0) is 15.7. The molecule has 1 amide bonds. The second-order valence-electron chi connectivity index (χ2n) is 5.24. The Morgan fingerprint density at radius 1 is 1.43 bits per heavy atom. The Kier molecular flexibility index (Phi) is 6.81. The van der Waals surface area contributed by atoms with Crippen molar-refractivity contribution in [1.82, 2.24) is 4.90 Å². The second-order valence-corrected chi connectivity index (χ2v) is 5.24. The first-order chi connectivity index (χ1) is 10.1. The highest BCUT2D eigenvalue weighted by atomic mass is 16.6. The van der Waals surface area contributed by atoms with Crippen LogP contribution in [0.25, 0.3) is 10.4 Å². The molecule has 0 unspecified atom stereocenters. The van der Waals surface area contributed by atoms with Crippen LogP contribution in [0.3, 0.4) is 0 Å². The molecule has 1 rings (SSSR count). The van der Waals surface area contributed by atoms with Crippen molar-refractivity contribution in [3.8, 4) is 0 Å². The SMILES string of the molecule is CCCCOC(=O)N1CCC(CCN=[N+]=[N-])(C(=O)O)CC1. The maximum absolute atomic E-state index is 11.8. The molecule has 0 aromatic carbocycles. The summed E-state index contributed by atoms with van der Waals surface area (Å²) in [5, 5.41) is 12.8. The smallest absolute Gasteiger partial charge is 0.409 e. The van der Waals surface area contributed by atoms with Gasteiger partial charge in [0.1, 0.15) is 0 Å². The van der Waals surface area contributed by atoms with Crippen molar-refractivity contribution >= 4 is 12.1 Å². The van der Waals surface area contributed by atoms with Crippen molar-refractivity contribution in [3.63, 3.8) is 0 Å². The van der Waals surface area contributed by atoms with Crippen LogP contribution in [-0.2, 0) is 9.53 Å². The Bertz CT molecular complexity index is 412. The molecule has 0 saturated carbocycles. The van der Waals surface area contributed by atoms with E-state index in [-0.39, 0.29) is 12.6 Å². The monoisotopic (exact) mass is 298 g/mol. The molecule has 1 saturated heterocycles. The number of likely N-dealkylation sites (tertiary alicyclic amines) is 1. The number of amides is 1. The number of piperidine rings is 1. The minimum atomic E-state index is -0.908. The Balaban J connectivity index is 2.52. The third-order valence-corrected chi connectivity index (χ3v) is 3.91. The molecule has 8 nitrogen and oxygen atoms in total. The molecule has 8 heteroatoms. The van der Waals surface area contributed by atoms with Crippen LogP contribution in [0.2, 0.25) is 0 Å². The van der Waals surface area contributed by atoms with Gasteiger partial charge in [0.05, 0.1) is 12.0 Å². The summed E-state index contributed by atoms with van der Waals surface area (Å²) in [6, 6.07) is 0. The van der Waals surface area contributed by atoms with E-state index in [0.29, 0.717) is 39.0 Å². The Morgan fingerprint density at radius 3 is 2.62 bits per heavy atom. The van der Waals surface area contributed by atoms with Crippen LogP contribution in [0.5, 0.6) is 0 Å². The van der Waals surface area contributed by atoms with Gasteiger partial charge in [0.15, 0.2) is 0 Å². The molecule has 0 bridgehead atoms. The Morgan fingerprint density at radius 2 is 2.10 bits per heavy atom. The molecule has 0 spiro atoms. The van der Waals surface area contributed by atoms with E-state index in [4.69, 9.17) is 10.3 Å². The van der Waals surface area contributed by atoms with Gasteiger partial charge in [-0.1, -0.05) is 18.5 Å². The molecule has 1 aliphatic rings. The molecule has 1 N–H and O–H groups in total. The van der Waals surface area contributed by atoms with Crippen LogP contribution in [0, 0.1) is 5.41 Å². The molecule has 0 aliphatic carbocycles. The summed E-state index contributed by atoms with van der Waals surface area (Å²) < 4.78 is 5.12. The first-order valence-electron chi connectivity index (χ1n) is 7.21. The molecular formula is C13H22N4O4. The lowest BCUT2D eigenvalue weighted by molar-refractivity contribution is -0.152. The van der Waals surface area contributed by atoms with Gasteiger partial charge in [-0.05, 0) is 31.2 Å². The average molecular weight is 298 g/mol. The Labute approximate surface area is 123 Å². The minimum Gasteiger partial charge on any atom is -0.481 e. The van der Waals surface area contributed by atoms with Gasteiger partial charge in [-0.2, -0.15) is 0 Å². The van der Waals surface area contributed by atoms with Gasteiger partial charge in [-0.3, -0.25) is 4.79 Å². The fraction of sp³-hybridized carbons (Fsp3) is 0.846. The number of nitrogens with zero attached hydrogens (tertiary/aromatic N) is 4. The van der Waals surface area contributed by atoms with Gasteiger partial charge in [-0.25, -0.2) is 4.79 Å². The summed E-state index contributed by atoms with van der Waals surface area (Å²) in [7, 11) is 0. The normalized spacial score (nSPS) is 16.9. The van der Waals surface area contributed by atoms with Gasteiger partial charge in [-0.15, -0.1) is 0 Å². The zero-order valence-electron chi connectivity index (χ0n) is 12.3. The molecule has 1 aliphatic heterocycles. The lowest BCUT2D eigenvalue weighted by Gasteiger charge is -2.38. The highest BCUT2D eigenvalue weighted by Gasteiger charge is 2.42. The number of aliphatic carboxylic acids is 1. The number of hydrogen-bond acceptors (Lipinski definition) is 4. The van der Waals surface area contributed by atoms with E-state index in [2.05, 4.69) is 10.0 Å². The lowest BCUT2D eigenvalue weighted by Crippen LogP contribution is -2.47. The van der Waals surface area contributed by atoms with Crippen molar-refractivity contribution in [2.24, 2.45) is 10.5 Å². The van der Waals surface area contributed by atoms with Crippen LogP contribution in [0.15, 0.2) is 5.11 Å². The molecule has 21 heavy (non-hydrogen) atoms. The quantitative estimate of drug-likeness (QED) is 0.336. The topological polar surface area (TPSA) is 116 Å². The summed E-state index contributed by atoms with van der Waals surface area (Å²) in [4.78, 5) is 27.5. The number of unbranched alkanes of at least 4 members (excludes halogenated alkanes) is 1. The molecule has 0 aromatic rings. The van der Waals surface area contributed by atoms with E-state index < -0.39 is 11.4 Å². The number of carboxylic acid groups (broad SMARTS) is 1. The van der Waals surface area contributed by atoms with Crippen molar-refractivity contribution in [1.29, 1.82) is 0 Å². The van der Waals surface area contributed by atoms with Gasteiger partial charge in [0.25, 0.3) is 0 Å². The standard InChI is InChI=1S/C13H22N4O4/c1-2-3-10-21-12(20)17-8-5-13(6-9-17,11(18)19)4-7-15-16-14/h2-10H2,1H3,(H,18,19). The van der Waals surface area contributed by atoms with Crippen molar-refractivity contribution < 1.29 is 19.4 Å². The van der Waals surface area contributed by atoms with Gasteiger partial charge >= 0.3 is 12.1 Å². The number of carbonyl (C=O) groups is 2. The second kappa shape index (κ2) is 8.36. The van der Waals surface area contributed by atoms with E-state index in [1.54, 1.807) is 4.90 Å².